The topological polar surface area (TPSA) is 62.5 Å². The Labute approximate surface area is 219 Å². The summed E-state index contributed by atoms with van der Waals surface area (Å²) in [4.78, 5) is 25.2. The van der Waals surface area contributed by atoms with Crippen LogP contribution in [0.15, 0.2) is 41.0 Å². The zero-order chi connectivity index (χ0) is 27.4. The lowest BCUT2D eigenvalue weighted by molar-refractivity contribution is -0.171. The molecule has 1 saturated heterocycles. The number of benzene rings is 1. The first-order chi connectivity index (χ1) is 17.1. The van der Waals surface area contributed by atoms with E-state index in [2.05, 4.69) is 0 Å². The number of nitrogens with zero attached hydrogens (tertiary/aromatic N) is 2. The van der Waals surface area contributed by atoms with E-state index in [0.29, 0.717) is 27.2 Å². The molecule has 1 aliphatic heterocycles. The van der Waals surface area contributed by atoms with Crippen molar-refractivity contribution in [2.75, 3.05) is 13.1 Å². The Kier molecular flexibility index (Phi) is 7.13. The number of aryl methyl sites for hydroxylation is 2. The molecule has 4 rings (SSSR count). The molecule has 0 radical (unpaired) electrons. The quantitative estimate of drug-likeness (QED) is 0.371. The molecule has 2 heterocycles. The number of carbonyl (C=O) groups excluding carboxylic acids is 1. The average molecular weight is 565 g/mol. The van der Waals surface area contributed by atoms with Gasteiger partial charge in [0.1, 0.15) is 5.92 Å². The average Bonchev–Trinajstić information content (AvgIpc) is 3.10. The Morgan fingerprint density at radius 3 is 2.46 bits per heavy atom. The molecule has 3 unspecified atom stereocenters. The summed E-state index contributed by atoms with van der Waals surface area (Å²) >= 11 is 13.1. The van der Waals surface area contributed by atoms with Gasteiger partial charge in [0.15, 0.2) is 0 Å². The molecule has 1 N–H and O–H groups in total. The monoisotopic (exact) mass is 564 g/mol. The molecule has 2 aromatic rings. The van der Waals surface area contributed by atoms with Crippen LogP contribution in [-0.2, 0) is 29.2 Å². The lowest BCUT2D eigenvalue weighted by Crippen LogP contribution is -2.53. The molecule has 1 aromatic carbocycles. The lowest BCUT2D eigenvalue weighted by atomic mass is 9.87. The Morgan fingerprint density at radius 2 is 1.86 bits per heavy atom. The molecule has 200 valence electrons. The third-order valence-electron chi connectivity index (χ3n) is 7.08. The van der Waals surface area contributed by atoms with Gasteiger partial charge in [0.2, 0.25) is 0 Å². The highest BCUT2D eigenvalue weighted by atomic mass is 35.5. The van der Waals surface area contributed by atoms with Gasteiger partial charge in [-0.25, -0.2) is 8.78 Å². The second kappa shape index (κ2) is 9.62. The normalized spacial score (nSPS) is 24.1. The van der Waals surface area contributed by atoms with Crippen molar-refractivity contribution in [3.05, 3.63) is 57.8 Å². The smallest absolute Gasteiger partial charge is 0.416 e. The lowest BCUT2D eigenvalue weighted by Gasteiger charge is -2.38. The van der Waals surface area contributed by atoms with Crippen molar-refractivity contribution in [2.24, 2.45) is 18.9 Å². The van der Waals surface area contributed by atoms with Crippen LogP contribution in [0, 0.1) is 18.8 Å². The number of alkyl halides is 6. The van der Waals surface area contributed by atoms with E-state index in [1.165, 1.54) is 12.2 Å². The van der Waals surface area contributed by atoms with Gasteiger partial charge in [-0.2, -0.15) is 13.2 Å². The summed E-state index contributed by atoms with van der Waals surface area (Å²) in [6.07, 6.45) is -1.91. The highest BCUT2D eigenvalue weighted by Crippen LogP contribution is 2.40. The first-order valence-corrected chi connectivity index (χ1v) is 12.2. The number of hydrogen-bond acceptors (Lipinski definition) is 2. The molecule has 0 bridgehead atoms. The van der Waals surface area contributed by atoms with Gasteiger partial charge in [0.25, 0.3) is 11.8 Å². The van der Waals surface area contributed by atoms with Crippen LogP contribution in [-0.4, -0.2) is 50.8 Å². The largest absolute Gasteiger partial charge is 0.481 e. The summed E-state index contributed by atoms with van der Waals surface area (Å²) < 4.78 is 70.3. The third kappa shape index (κ3) is 5.10. The minimum atomic E-state index is -4.50. The second-order valence-corrected chi connectivity index (χ2v) is 10.4. The Hall–Kier alpha value is -2.59. The van der Waals surface area contributed by atoms with Crippen LogP contribution in [0.25, 0.3) is 10.9 Å². The van der Waals surface area contributed by atoms with E-state index in [0.717, 1.165) is 17.0 Å². The molecular formula is C25H23Cl2F5N2O3. The van der Waals surface area contributed by atoms with Gasteiger partial charge < -0.3 is 14.6 Å². The number of carbonyl (C=O) groups is 2. The number of likely N-dealkylation sites (tertiary alicyclic amines) is 1. The number of carboxylic acids is 1. The van der Waals surface area contributed by atoms with Crippen LogP contribution in [0.3, 0.4) is 0 Å². The van der Waals surface area contributed by atoms with Crippen LogP contribution >= 0.6 is 23.2 Å². The molecule has 1 amide bonds. The first-order valence-electron chi connectivity index (χ1n) is 11.4. The van der Waals surface area contributed by atoms with E-state index in [9.17, 15) is 31.5 Å². The Balaban J connectivity index is 1.58. The van der Waals surface area contributed by atoms with E-state index in [1.54, 1.807) is 24.6 Å². The van der Waals surface area contributed by atoms with Gasteiger partial charge in [-0.15, -0.1) is 11.6 Å². The maximum absolute atomic E-state index is 14.4. The van der Waals surface area contributed by atoms with Crippen molar-refractivity contribution in [2.45, 2.75) is 37.2 Å². The number of piperidine rings is 1. The zero-order valence-corrected chi connectivity index (χ0v) is 21.3. The summed E-state index contributed by atoms with van der Waals surface area (Å²) in [6, 6.07) is 3.89. The fourth-order valence-corrected chi connectivity index (χ4v) is 5.70. The summed E-state index contributed by atoms with van der Waals surface area (Å²) in [5.41, 5.74) is 0.716. The molecule has 37 heavy (non-hydrogen) atoms. The first kappa shape index (κ1) is 27.4. The van der Waals surface area contributed by atoms with E-state index in [-0.39, 0.29) is 18.5 Å². The van der Waals surface area contributed by atoms with Crippen LogP contribution in [0.4, 0.5) is 22.0 Å². The van der Waals surface area contributed by atoms with E-state index < -0.39 is 59.7 Å². The molecule has 0 saturated carbocycles. The molecular weight excluding hydrogens is 542 g/mol. The van der Waals surface area contributed by atoms with Crippen LogP contribution < -0.4 is 0 Å². The molecule has 1 fully saturated rings. The minimum Gasteiger partial charge on any atom is -0.481 e. The number of aliphatic carboxylic acids is 1. The van der Waals surface area contributed by atoms with Crippen molar-refractivity contribution in [1.29, 1.82) is 0 Å². The van der Waals surface area contributed by atoms with Crippen LogP contribution in [0.2, 0.25) is 0 Å². The number of rotatable bonds is 4. The number of halogens is 7. The number of aromatic nitrogens is 1. The molecule has 2 aliphatic rings. The van der Waals surface area contributed by atoms with Gasteiger partial charge in [0, 0.05) is 46.7 Å². The van der Waals surface area contributed by atoms with E-state index >= 15 is 0 Å². The van der Waals surface area contributed by atoms with Crippen LogP contribution in [0.5, 0.6) is 0 Å². The summed E-state index contributed by atoms with van der Waals surface area (Å²) in [5, 5.41) is 8.98. The van der Waals surface area contributed by atoms with Crippen molar-refractivity contribution in [3.63, 3.8) is 0 Å². The highest BCUT2D eigenvalue weighted by Gasteiger charge is 2.50. The fraction of sp³-hybridized carbons (Fsp3) is 0.440. The van der Waals surface area contributed by atoms with Crippen molar-refractivity contribution < 1.29 is 36.6 Å². The molecule has 5 nitrogen and oxygen atoms in total. The van der Waals surface area contributed by atoms with Gasteiger partial charge >= 0.3 is 12.1 Å². The molecule has 0 spiro atoms. The third-order valence-corrected chi connectivity index (χ3v) is 8.03. The molecule has 3 atom stereocenters. The highest BCUT2D eigenvalue weighted by molar-refractivity contribution is 6.33. The van der Waals surface area contributed by atoms with Crippen molar-refractivity contribution in [3.8, 4) is 0 Å². The van der Waals surface area contributed by atoms with Crippen molar-refractivity contribution in [1.82, 2.24) is 9.47 Å². The summed E-state index contributed by atoms with van der Waals surface area (Å²) in [5.74, 6) is -8.48. The maximum Gasteiger partial charge on any atom is 0.416 e. The molecule has 12 heteroatoms. The van der Waals surface area contributed by atoms with Gasteiger partial charge in [-0.1, -0.05) is 17.7 Å². The molecule has 1 aromatic heterocycles. The number of carboxylic acid groups (broad SMARTS) is 1. The zero-order valence-electron chi connectivity index (χ0n) is 19.8. The number of amides is 1. The van der Waals surface area contributed by atoms with E-state index in [1.807, 2.05) is 0 Å². The predicted molar refractivity (Wildman–Crippen MR) is 129 cm³/mol. The van der Waals surface area contributed by atoms with E-state index in [4.69, 9.17) is 28.3 Å². The van der Waals surface area contributed by atoms with Gasteiger partial charge in [-0.05, 0) is 49.6 Å². The van der Waals surface area contributed by atoms with Gasteiger partial charge in [0.05, 0.1) is 17.5 Å². The minimum absolute atomic E-state index is 0.0370. The second-order valence-electron chi connectivity index (χ2n) is 9.47. The SMILES string of the molecule is Cc1cc(C(F)(F)F)cc2c1cc(CC1C(Cl)=CC=C(C(=O)N3CCC(C(=O)O)C(F)(F)C3)C1Cl)n2C. The molecule has 1 aliphatic carbocycles. The Morgan fingerprint density at radius 1 is 1.19 bits per heavy atom. The van der Waals surface area contributed by atoms with Crippen LogP contribution in [0.1, 0.15) is 23.2 Å². The standard InChI is InChI=1S/C25H23Cl2F5N2O3/c1-12-7-13(25(30,31)32)8-20-16(12)9-14(33(20)2)10-17-19(26)4-3-15(21(17)27)22(35)34-6-5-18(23(36)37)24(28,29)11-34/h3-4,7-9,17-18,21H,5-6,10-11H2,1-2H3,(H,36,37). The predicted octanol–water partition coefficient (Wildman–Crippen LogP) is 5.90. The maximum atomic E-state index is 14.4. The van der Waals surface area contributed by atoms with Gasteiger partial charge in [-0.3, -0.25) is 9.59 Å². The number of hydrogen-bond donors (Lipinski definition) is 1. The summed E-state index contributed by atoms with van der Waals surface area (Å²) in [7, 11) is 1.62. The van der Waals surface area contributed by atoms with Crippen molar-refractivity contribution >= 4 is 46.0 Å². The number of allylic oxidation sites excluding steroid dienone is 3. The fourth-order valence-electron chi connectivity index (χ4n) is 4.98. The number of fused-ring (bicyclic) bond motifs is 1. The summed E-state index contributed by atoms with van der Waals surface area (Å²) in [6.45, 7) is 0.371. The Bertz CT molecular complexity index is 1330.